The Morgan fingerprint density at radius 3 is 2.78 bits per heavy atom. The number of nitrogens with one attached hydrogen (secondary N) is 2. The molecule has 0 atom stereocenters. The third-order valence-corrected chi connectivity index (χ3v) is 4.54. The number of amides is 1. The predicted octanol–water partition coefficient (Wildman–Crippen LogP) is 2.98. The highest BCUT2D eigenvalue weighted by atomic mass is 32.1. The number of rotatable bonds is 5. The van der Waals surface area contributed by atoms with Crippen LogP contribution in [0.3, 0.4) is 0 Å². The largest absolute Gasteiger partial charge is 0.366 e. The molecule has 0 unspecified atom stereocenters. The highest BCUT2D eigenvalue weighted by Gasteiger charge is 2.20. The number of thiazole rings is 1. The topological polar surface area (TPSA) is 57.3 Å². The SMILES string of the molecule is CCc1ccccc1N(C(C)=O)c1nc(CNC(=S)NC)cs1. The third kappa shape index (κ3) is 4.27. The first-order valence-electron chi connectivity index (χ1n) is 7.35. The van der Waals surface area contributed by atoms with E-state index in [0.717, 1.165) is 23.4 Å². The number of hydrogen-bond acceptors (Lipinski definition) is 4. The van der Waals surface area contributed by atoms with Gasteiger partial charge in [-0.15, -0.1) is 11.3 Å². The van der Waals surface area contributed by atoms with Gasteiger partial charge < -0.3 is 10.6 Å². The van der Waals surface area contributed by atoms with Crippen molar-refractivity contribution in [2.24, 2.45) is 0 Å². The van der Waals surface area contributed by atoms with Crippen molar-refractivity contribution in [3.8, 4) is 0 Å². The van der Waals surface area contributed by atoms with Gasteiger partial charge in [0, 0.05) is 19.4 Å². The lowest BCUT2D eigenvalue weighted by atomic mass is 10.1. The Balaban J connectivity index is 2.27. The quantitative estimate of drug-likeness (QED) is 0.814. The van der Waals surface area contributed by atoms with Gasteiger partial charge in [0.1, 0.15) is 0 Å². The van der Waals surface area contributed by atoms with Gasteiger partial charge in [-0.05, 0) is 30.3 Å². The number of anilines is 2. The molecule has 2 N–H and O–H groups in total. The van der Waals surface area contributed by atoms with Gasteiger partial charge in [0.05, 0.1) is 17.9 Å². The zero-order chi connectivity index (χ0) is 16.8. The van der Waals surface area contributed by atoms with Crippen LogP contribution >= 0.6 is 23.6 Å². The Kier molecular flexibility index (Phi) is 6.06. The van der Waals surface area contributed by atoms with Crippen molar-refractivity contribution in [2.45, 2.75) is 26.8 Å². The molecular formula is C16H20N4OS2. The maximum Gasteiger partial charge on any atom is 0.230 e. The van der Waals surface area contributed by atoms with Gasteiger partial charge in [0.2, 0.25) is 5.91 Å². The fraction of sp³-hybridized carbons (Fsp3) is 0.312. The Morgan fingerprint density at radius 2 is 2.13 bits per heavy atom. The van der Waals surface area contributed by atoms with Crippen LogP contribution in [-0.4, -0.2) is 23.1 Å². The average Bonchev–Trinajstić information content (AvgIpc) is 3.01. The van der Waals surface area contributed by atoms with Crippen molar-refractivity contribution in [2.75, 3.05) is 11.9 Å². The molecule has 23 heavy (non-hydrogen) atoms. The summed E-state index contributed by atoms with van der Waals surface area (Å²) in [5, 5.41) is 9.09. The molecule has 1 aromatic carbocycles. The highest BCUT2D eigenvalue weighted by Crippen LogP contribution is 2.31. The predicted molar refractivity (Wildman–Crippen MR) is 99.3 cm³/mol. The molecule has 0 fully saturated rings. The standard InChI is InChI=1S/C16H20N4OS2/c1-4-12-7-5-6-8-14(12)20(11(2)21)16-19-13(10-23-16)9-18-15(22)17-3/h5-8,10H,4,9H2,1-3H3,(H2,17,18,22). The maximum atomic E-state index is 12.2. The van der Waals surface area contributed by atoms with E-state index >= 15 is 0 Å². The summed E-state index contributed by atoms with van der Waals surface area (Å²) in [7, 11) is 1.76. The summed E-state index contributed by atoms with van der Waals surface area (Å²) in [6.45, 7) is 4.16. The minimum Gasteiger partial charge on any atom is -0.366 e. The summed E-state index contributed by atoms with van der Waals surface area (Å²) in [6.07, 6.45) is 0.857. The summed E-state index contributed by atoms with van der Waals surface area (Å²) in [6, 6.07) is 7.91. The number of thiocarbonyl (C=S) groups is 1. The Labute approximate surface area is 145 Å². The Bertz CT molecular complexity index is 699. The summed E-state index contributed by atoms with van der Waals surface area (Å²) >= 11 is 6.50. The van der Waals surface area contributed by atoms with Crippen molar-refractivity contribution in [1.29, 1.82) is 0 Å². The first-order valence-corrected chi connectivity index (χ1v) is 8.64. The lowest BCUT2D eigenvalue weighted by molar-refractivity contribution is -0.115. The van der Waals surface area contributed by atoms with Crippen LogP contribution in [0.4, 0.5) is 10.8 Å². The molecule has 0 aliphatic carbocycles. The van der Waals surface area contributed by atoms with Gasteiger partial charge in [-0.1, -0.05) is 25.1 Å². The number of benzene rings is 1. The lowest BCUT2D eigenvalue weighted by Gasteiger charge is -2.21. The van der Waals surface area contributed by atoms with E-state index in [-0.39, 0.29) is 5.91 Å². The zero-order valence-corrected chi connectivity index (χ0v) is 15.1. The highest BCUT2D eigenvalue weighted by molar-refractivity contribution is 7.80. The molecule has 122 valence electrons. The smallest absolute Gasteiger partial charge is 0.230 e. The van der Waals surface area contributed by atoms with Crippen molar-refractivity contribution in [3.63, 3.8) is 0 Å². The number of carbonyl (C=O) groups is 1. The summed E-state index contributed by atoms with van der Waals surface area (Å²) < 4.78 is 0. The van der Waals surface area contributed by atoms with Gasteiger partial charge in [-0.25, -0.2) is 4.98 Å². The zero-order valence-electron chi connectivity index (χ0n) is 13.4. The van der Waals surface area contributed by atoms with Crippen LogP contribution in [-0.2, 0) is 17.8 Å². The van der Waals surface area contributed by atoms with Gasteiger partial charge in [0.15, 0.2) is 10.2 Å². The summed E-state index contributed by atoms with van der Waals surface area (Å²) in [4.78, 5) is 18.4. The Morgan fingerprint density at radius 1 is 1.39 bits per heavy atom. The lowest BCUT2D eigenvalue weighted by Crippen LogP contribution is -2.32. The molecule has 2 rings (SSSR count). The van der Waals surface area contributed by atoms with Crippen LogP contribution < -0.4 is 15.5 Å². The molecule has 0 saturated heterocycles. The normalized spacial score (nSPS) is 10.2. The van der Waals surface area contributed by atoms with Gasteiger partial charge >= 0.3 is 0 Å². The minimum atomic E-state index is -0.0505. The third-order valence-electron chi connectivity index (χ3n) is 3.32. The molecular weight excluding hydrogens is 328 g/mol. The summed E-state index contributed by atoms with van der Waals surface area (Å²) in [5.74, 6) is -0.0505. The molecule has 7 heteroatoms. The van der Waals surface area contributed by atoms with E-state index in [2.05, 4.69) is 22.5 Å². The van der Waals surface area contributed by atoms with E-state index in [4.69, 9.17) is 12.2 Å². The fourth-order valence-corrected chi connectivity index (χ4v) is 3.13. The number of nitrogens with zero attached hydrogens (tertiary/aromatic N) is 2. The number of para-hydroxylation sites is 1. The van der Waals surface area contributed by atoms with Gasteiger partial charge in [-0.2, -0.15) is 0 Å². The average molecular weight is 348 g/mol. The van der Waals surface area contributed by atoms with Crippen LogP contribution in [0.15, 0.2) is 29.6 Å². The van der Waals surface area contributed by atoms with Crippen LogP contribution in [0, 0.1) is 0 Å². The Hall–Kier alpha value is -1.99. The van der Waals surface area contributed by atoms with Crippen molar-refractivity contribution in [1.82, 2.24) is 15.6 Å². The van der Waals surface area contributed by atoms with E-state index in [0.29, 0.717) is 16.8 Å². The number of hydrogen-bond donors (Lipinski definition) is 2. The van der Waals surface area contributed by atoms with Crippen molar-refractivity contribution >= 4 is 45.4 Å². The molecule has 5 nitrogen and oxygen atoms in total. The molecule has 0 radical (unpaired) electrons. The van der Waals surface area contributed by atoms with Crippen molar-refractivity contribution < 1.29 is 4.79 Å². The second-order valence-corrected chi connectivity index (χ2v) is 6.14. The van der Waals surface area contributed by atoms with Crippen LogP contribution in [0.2, 0.25) is 0 Å². The van der Waals surface area contributed by atoms with Gasteiger partial charge in [0.25, 0.3) is 0 Å². The van der Waals surface area contributed by atoms with E-state index in [1.54, 1.807) is 18.9 Å². The van der Waals surface area contributed by atoms with Crippen molar-refractivity contribution in [3.05, 3.63) is 40.9 Å². The maximum absolute atomic E-state index is 12.2. The molecule has 0 spiro atoms. The van der Waals surface area contributed by atoms with E-state index in [1.807, 2.05) is 29.6 Å². The summed E-state index contributed by atoms with van der Waals surface area (Å²) in [5.41, 5.74) is 2.86. The minimum absolute atomic E-state index is 0.0505. The van der Waals surface area contributed by atoms with E-state index < -0.39 is 0 Å². The number of aromatic nitrogens is 1. The monoisotopic (exact) mass is 348 g/mol. The molecule has 1 heterocycles. The molecule has 0 bridgehead atoms. The first kappa shape index (κ1) is 17.4. The van der Waals surface area contributed by atoms with E-state index in [9.17, 15) is 4.79 Å². The molecule has 1 amide bonds. The van der Waals surface area contributed by atoms with E-state index in [1.165, 1.54) is 11.3 Å². The van der Waals surface area contributed by atoms with Crippen LogP contribution in [0.5, 0.6) is 0 Å². The number of aryl methyl sites for hydroxylation is 1. The molecule has 0 aliphatic rings. The molecule has 2 aromatic rings. The van der Waals surface area contributed by atoms with Crippen LogP contribution in [0.1, 0.15) is 25.1 Å². The first-order chi connectivity index (χ1) is 11.1. The second-order valence-electron chi connectivity index (χ2n) is 4.89. The fourth-order valence-electron chi connectivity index (χ4n) is 2.17. The molecule has 1 aromatic heterocycles. The molecule has 0 saturated carbocycles. The second kappa shape index (κ2) is 8.03. The number of carbonyl (C=O) groups excluding carboxylic acids is 1. The molecule has 0 aliphatic heterocycles. The van der Waals surface area contributed by atoms with Crippen LogP contribution in [0.25, 0.3) is 0 Å². The van der Waals surface area contributed by atoms with Gasteiger partial charge in [-0.3, -0.25) is 9.69 Å².